The quantitative estimate of drug-likeness (QED) is 0.0142. The van der Waals surface area contributed by atoms with Gasteiger partial charge >= 0.3 is 47.8 Å². The Morgan fingerprint density at radius 2 is 0.670 bits per heavy atom. The van der Waals surface area contributed by atoms with Crippen LogP contribution in [0.5, 0.6) is 0 Å². The Bertz CT molecular complexity index is 3950. The Labute approximate surface area is 606 Å². The van der Waals surface area contributed by atoms with Crippen molar-refractivity contribution in [3.63, 3.8) is 0 Å². The summed E-state index contributed by atoms with van der Waals surface area (Å²) in [5, 5.41) is 68.3. The summed E-state index contributed by atoms with van der Waals surface area (Å²) in [5.74, 6) is -14.1. The van der Waals surface area contributed by atoms with Crippen molar-refractivity contribution in [1.82, 2.24) is 39.3 Å². The number of aryl methyl sites for hydroxylation is 4. The lowest BCUT2D eigenvalue weighted by Gasteiger charge is -2.43. The number of esters is 4. The second-order valence-electron chi connectivity index (χ2n) is 25.3. The zero-order valence-electron chi connectivity index (χ0n) is 58.6. The minimum absolute atomic E-state index is 0.0220. The van der Waals surface area contributed by atoms with Gasteiger partial charge in [-0.15, -0.1) is 0 Å². The molecule has 2 fully saturated rings. The number of aliphatic carboxylic acids is 4. The van der Waals surface area contributed by atoms with Gasteiger partial charge in [0.05, 0.1) is 35.3 Å². The normalized spacial score (nSPS) is 15.8. The molecule has 26 nitrogen and oxygen atoms in total. The van der Waals surface area contributed by atoms with E-state index in [0.29, 0.717) is 0 Å². The van der Waals surface area contributed by atoms with E-state index in [1.807, 2.05) is 13.8 Å². The van der Waals surface area contributed by atoms with E-state index in [9.17, 15) is 86.6 Å². The zero-order valence-corrected chi connectivity index (χ0v) is 58.6. The summed E-state index contributed by atoms with van der Waals surface area (Å²) in [5.41, 5.74) is 2.89. The number of ether oxygens (including phenoxy) is 4. The number of likely N-dealkylation sites (tertiary alicyclic amines) is 2. The minimum atomic E-state index is -2.22. The monoisotopic (exact) mass is 1470 g/mol. The lowest BCUT2D eigenvalue weighted by Crippen LogP contribution is -2.53. The van der Waals surface area contributed by atoms with Gasteiger partial charge in [-0.3, -0.25) is 9.80 Å². The molecule has 0 spiro atoms. The molecule has 30 heteroatoms. The smallest absolute Gasteiger partial charge is 0.349 e. The number of halogens is 4. The Morgan fingerprint density at radius 1 is 0.425 bits per heavy atom. The van der Waals surface area contributed by atoms with E-state index in [1.54, 1.807) is 76.2 Å². The first-order valence-corrected chi connectivity index (χ1v) is 33.0. The molecule has 2 aromatic heterocycles. The Kier molecular flexibility index (Phi) is 28.7. The van der Waals surface area contributed by atoms with E-state index in [-0.39, 0.29) is 46.5 Å². The van der Waals surface area contributed by atoms with Crippen LogP contribution in [0, 0.1) is 51.0 Å². The molecule has 2 saturated heterocycles. The Morgan fingerprint density at radius 3 is 0.877 bits per heavy atom. The van der Waals surface area contributed by atoms with Gasteiger partial charge in [0.1, 0.15) is 59.8 Å². The van der Waals surface area contributed by atoms with Gasteiger partial charge < -0.3 is 49.6 Å². The molecule has 10 rings (SSSR count). The Hall–Kier alpha value is -11.6. The predicted molar refractivity (Wildman–Crippen MR) is 371 cm³/mol. The van der Waals surface area contributed by atoms with E-state index >= 15 is 0 Å². The molecule has 0 aliphatic carbocycles. The fraction of sp³-hybridized carbons (Fsp3) is 0.316. The molecule has 6 aromatic carbocycles. The van der Waals surface area contributed by atoms with Crippen LogP contribution in [-0.2, 0) is 62.4 Å². The summed E-state index contributed by atoms with van der Waals surface area (Å²) in [6.45, 7) is 21.9. The van der Waals surface area contributed by atoms with Gasteiger partial charge in [-0.1, -0.05) is 107 Å². The molecule has 0 bridgehead atoms. The highest BCUT2D eigenvalue weighted by atomic mass is 19.1. The van der Waals surface area contributed by atoms with Gasteiger partial charge in [0.15, 0.2) is 0 Å². The maximum Gasteiger partial charge on any atom is 0.349 e. The predicted octanol–water partition coefficient (Wildman–Crippen LogP) is 9.42. The summed E-state index contributed by atoms with van der Waals surface area (Å²) in [4.78, 5) is 107. The lowest BCUT2D eigenvalue weighted by molar-refractivity contribution is -0.166. The number of aliphatic hydroxyl groups is 2. The molecule has 4 heterocycles. The van der Waals surface area contributed by atoms with Gasteiger partial charge in [-0.2, -0.15) is 10.2 Å². The topological polar surface area (TPSA) is 363 Å². The van der Waals surface area contributed by atoms with Crippen LogP contribution in [0.4, 0.5) is 17.6 Å². The highest BCUT2D eigenvalue weighted by Gasteiger charge is 2.46. The number of rotatable bonds is 24. The van der Waals surface area contributed by atoms with Crippen molar-refractivity contribution in [1.29, 1.82) is 0 Å². The first kappa shape index (κ1) is 81.7. The third-order valence-electron chi connectivity index (χ3n) is 17.6. The van der Waals surface area contributed by atoms with Crippen molar-refractivity contribution in [3.05, 3.63) is 262 Å². The van der Waals surface area contributed by atoms with Crippen molar-refractivity contribution in [2.24, 2.45) is 0 Å². The third kappa shape index (κ3) is 22.2. The van der Waals surface area contributed by atoms with E-state index in [0.717, 1.165) is 98.4 Å². The molecular formula is C76H80F4N8O18. The van der Waals surface area contributed by atoms with E-state index in [1.165, 1.54) is 106 Å². The first-order chi connectivity index (χ1) is 50.2. The zero-order chi connectivity index (χ0) is 77.7. The Balaban J connectivity index is 0.000000197. The molecule has 2 aliphatic rings. The van der Waals surface area contributed by atoms with Gasteiger partial charge in [-0.25, -0.2) is 75.2 Å². The fourth-order valence-electron chi connectivity index (χ4n) is 11.2. The van der Waals surface area contributed by atoms with Crippen molar-refractivity contribution in [2.45, 2.75) is 128 Å². The SMILES string of the molecule is C=C1CCN([C@H](C)[C@](O)(Cn2cncn2)c2ccc(F)cc2F)CC1.C=C1CCN([C@H](C)[C@](O)(Cn2cncn2)c2ccc(F)cc2F)CC1.Cc1ccc(C(=O)OC(C(=O)O)C(OC(=O)c2ccc(C)cc2)C(=O)O)cc1.Cc1ccc(C(=O)O[C@@H](C(=O)O)[C@@H](OC(=O)c2ccc(C)cc2)C(=O)O)cc1. The summed E-state index contributed by atoms with van der Waals surface area (Å²) in [6.07, 6.45) is 0.140. The van der Waals surface area contributed by atoms with Gasteiger partial charge in [0.25, 0.3) is 0 Å². The number of carbonyl (C=O) groups is 8. The number of nitrogens with zero attached hydrogens (tertiary/aromatic N) is 8. The van der Waals surface area contributed by atoms with Crippen LogP contribution in [0.25, 0.3) is 0 Å². The molecule has 560 valence electrons. The molecule has 0 saturated carbocycles. The van der Waals surface area contributed by atoms with E-state index in [4.69, 9.17) is 18.9 Å². The highest BCUT2D eigenvalue weighted by molar-refractivity contribution is 5.97. The van der Waals surface area contributed by atoms with E-state index in [2.05, 4.69) is 43.1 Å². The third-order valence-corrected chi connectivity index (χ3v) is 17.6. The molecule has 6 N–H and O–H groups in total. The molecule has 2 aliphatic heterocycles. The maximum atomic E-state index is 14.5. The minimum Gasteiger partial charge on any atom is -0.478 e. The van der Waals surface area contributed by atoms with Crippen molar-refractivity contribution >= 4 is 47.8 Å². The van der Waals surface area contributed by atoms with Gasteiger partial charge in [-0.05, 0) is 128 Å². The highest BCUT2D eigenvalue weighted by Crippen LogP contribution is 2.36. The number of hydrogen-bond acceptors (Lipinski definition) is 20. The number of hydrogen-bond donors (Lipinski definition) is 6. The molecule has 0 radical (unpaired) electrons. The van der Waals surface area contributed by atoms with Crippen LogP contribution < -0.4 is 0 Å². The second kappa shape index (κ2) is 37.2. The summed E-state index contributed by atoms with van der Waals surface area (Å²) in [7, 11) is 0. The molecule has 8 aromatic rings. The number of carboxylic acid groups (broad SMARTS) is 4. The maximum absolute atomic E-state index is 14.5. The average molecular weight is 1470 g/mol. The second-order valence-corrected chi connectivity index (χ2v) is 25.3. The molecule has 0 amide bonds. The van der Waals surface area contributed by atoms with Crippen molar-refractivity contribution in [3.8, 4) is 0 Å². The van der Waals surface area contributed by atoms with Gasteiger partial charge in [0.2, 0.25) is 24.4 Å². The first-order valence-electron chi connectivity index (χ1n) is 33.0. The standard InChI is InChI=1S/2C20H18O8.2C18H22F2N4O/c2*1-11-3-7-13(8-4-11)19(25)27-15(17(21)22)16(18(23)24)28-20(26)14-9-5-12(2)6-10-14;2*1-13-5-7-23(8-6-13)14(2)18(25,10-24-12-21-11-22-24)16-4-3-15(19)9-17(16)20/h2*3-10,15-16H,1-2H3,(H,21,22)(H,23,24);2*3-4,9,11-12,14,25H,1,5-8,10H2,2H3/t15-,16-;;2*14-,18-/m1.11/s1. The van der Waals surface area contributed by atoms with Crippen LogP contribution in [0.2, 0.25) is 0 Å². The fourth-order valence-corrected chi connectivity index (χ4v) is 11.2. The number of benzene rings is 6. The molecule has 106 heavy (non-hydrogen) atoms. The summed E-state index contributed by atoms with van der Waals surface area (Å²) < 4.78 is 77.9. The molecular weight excluding hydrogens is 1390 g/mol. The van der Waals surface area contributed by atoms with Crippen molar-refractivity contribution in [2.75, 3.05) is 26.2 Å². The largest absolute Gasteiger partial charge is 0.478 e. The molecule has 8 atom stereocenters. The number of aromatic nitrogens is 6. The summed E-state index contributed by atoms with van der Waals surface area (Å²) >= 11 is 0. The van der Waals surface area contributed by atoms with Crippen LogP contribution >= 0.6 is 0 Å². The van der Waals surface area contributed by atoms with Crippen LogP contribution in [0.15, 0.2) is 183 Å². The number of piperidine rings is 2. The molecule has 2 unspecified atom stereocenters. The van der Waals surface area contributed by atoms with Gasteiger partial charge in [0, 0.05) is 61.5 Å². The summed E-state index contributed by atoms with van der Waals surface area (Å²) in [6, 6.07) is 29.9. The van der Waals surface area contributed by atoms with Crippen LogP contribution in [0.3, 0.4) is 0 Å². The van der Waals surface area contributed by atoms with Crippen LogP contribution in [-0.4, -0.2) is 180 Å². The van der Waals surface area contributed by atoms with Crippen molar-refractivity contribution < 1.29 is 106 Å². The lowest BCUT2D eigenvalue weighted by atomic mass is 9.84. The van der Waals surface area contributed by atoms with Crippen LogP contribution in [0.1, 0.15) is 114 Å². The number of carbonyl (C=O) groups excluding carboxylic acids is 4. The average Bonchev–Trinajstić information content (AvgIpc) is 0.888. The van der Waals surface area contributed by atoms with E-state index < -0.39 is 119 Å². The number of carboxylic acids is 4.